The highest BCUT2D eigenvalue weighted by molar-refractivity contribution is 5.93. The maximum atomic E-state index is 13.1. The number of aromatic nitrogens is 4. The number of hydrogen-bond donors (Lipinski definition) is 0. The van der Waals surface area contributed by atoms with Crippen LogP contribution in [-0.4, -0.2) is 31.8 Å². The molecule has 0 unspecified atom stereocenters. The first-order chi connectivity index (χ1) is 14.6. The van der Waals surface area contributed by atoms with Gasteiger partial charge in [-0.25, -0.2) is 9.67 Å². The molecule has 0 aliphatic carbocycles. The summed E-state index contributed by atoms with van der Waals surface area (Å²) in [5, 5.41) is 4.79. The predicted molar refractivity (Wildman–Crippen MR) is 117 cm³/mol. The van der Waals surface area contributed by atoms with Crippen LogP contribution < -0.4 is 10.5 Å². The Hall–Kier alpha value is -3.74. The third-order valence-electron chi connectivity index (χ3n) is 5.11. The number of benzene rings is 2. The van der Waals surface area contributed by atoms with Gasteiger partial charge < -0.3 is 4.90 Å². The number of aryl methyl sites for hydroxylation is 1. The molecule has 152 valence electrons. The van der Waals surface area contributed by atoms with E-state index in [2.05, 4.69) is 10.1 Å². The van der Waals surface area contributed by atoms with Crippen LogP contribution in [0.1, 0.15) is 19.2 Å². The molecule has 2 aromatic heterocycles. The molecule has 4 aromatic rings. The zero-order chi connectivity index (χ0) is 21.1. The smallest absolute Gasteiger partial charge is 0.264 e. The number of fused-ring (bicyclic) bond motifs is 1. The average molecular weight is 401 g/mol. The van der Waals surface area contributed by atoms with E-state index >= 15 is 0 Å². The molecule has 0 fully saturated rings. The average Bonchev–Trinajstić information content (AvgIpc) is 3.19. The van der Waals surface area contributed by atoms with Crippen LogP contribution >= 0.6 is 0 Å². The van der Waals surface area contributed by atoms with Crippen LogP contribution in [-0.2, 0) is 11.3 Å². The summed E-state index contributed by atoms with van der Waals surface area (Å²) in [5.74, 6) is 0.524. The highest BCUT2D eigenvalue weighted by Gasteiger charge is 2.17. The molecule has 0 aliphatic heterocycles. The summed E-state index contributed by atoms with van der Waals surface area (Å²) in [4.78, 5) is 32.2. The number of amides is 1. The molecular weight excluding hydrogens is 378 g/mol. The van der Waals surface area contributed by atoms with Crippen molar-refractivity contribution in [3.8, 4) is 5.69 Å². The first kappa shape index (κ1) is 19.6. The van der Waals surface area contributed by atoms with Gasteiger partial charge in [0, 0.05) is 25.2 Å². The van der Waals surface area contributed by atoms with E-state index in [4.69, 9.17) is 0 Å². The van der Waals surface area contributed by atoms with Gasteiger partial charge >= 0.3 is 0 Å². The largest absolute Gasteiger partial charge is 0.313 e. The standard InChI is InChI=1S/C23H23N5O2/c1-3-26(18-10-6-4-7-11-18)21(29)14-15-27-17(2)25-22-20(23(27)30)16-24-28(22)19-12-8-5-9-13-19/h4-13,16H,3,14-15H2,1-2H3. The predicted octanol–water partition coefficient (Wildman–Crippen LogP) is 3.33. The molecule has 0 saturated heterocycles. The molecule has 0 spiro atoms. The molecule has 0 atom stereocenters. The normalized spacial score (nSPS) is 11.0. The zero-order valence-corrected chi connectivity index (χ0v) is 17.0. The minimum Gasteiger partial charge on any atom is -0.313 e. The summed E-state index contributed by atoms with van der Waals surface area (Å²) in [7, 11) is 0. The third kappa shape index (κ3) is 3.61. The van der Waals surface area contributed by atoms with Crippen molar-refractivity contribution in [2.75, 3.05) is 11.4 Å². The summed E-state index contributed by atoms with van der Waals surface area (Å²) >= 11 is 0. The van der Waals surface area contributed by atoms with Gasteiger partial charge in [-0.1, -0.05) is 36.4 Å². The van der Waals surface area contributed by atoms with Gasteiger partial charge in [-0.15, -0.1) is 0 Å². The van der Waals surface area contributed by atoms with Crippen molar-refractivity contribution in [1.82, 2.24) is 19.3 Å². The van der Waals surface area contributed by atoms with Gasteiger partial charge in [0.2, 0.25) is 5.91 Å². The number of para-hydroxylation sites is 2. The molecule has 30 heavy (non-hydrogen) atoms. The van der Waals surface area contributed by atoms with Gasteiger partial charge in [0.25, 0.3) is 5.56 Å². The Labute approximate surface area is 174 Å². The summed E-state index contributed by atoms with van der Waals surface area (Å²) in [6.45, 7) is 4.56. The fourth-order valence-electron chi connectivity index (χ4n) is 3.58. The van der Waals surface area contributed by atoms with Crippen LogP contribution in [0.2, 0.25) is 0 Å². The van der Waals surface area contributed by atoms with Crippen molar-refractivity contribution in [3.63, 3.8) is 0 Å². The lowest BCUT2D eigenvalue weighted by Gasteiger charge is -2.21. The van der Waals surface area contributed by atoms with E-state index in [1.807, 2.05) is 67.6 Å². The Bertz CT molecular complexity index is 1230. The molecule has 4 rings (SSSR count). The van der Waals surface area contributed by atoms with E-state index in [1.165, 1.54) is 6.20 Å². The fourth-order valence-corrected chi connectivity index (χ4v) is 3.58. The first-order valence-corrected chi connectivity index (χ1v) is 9.96. The van der Waals surface area contributed by atoms with Crippen molar-refractivity contribution in [3.05, 3.63) is 83.0 Å². The van der Waals surface area contributed by atoms with Crippen LogP contribution in [0.5, 0.6) is 0 Å². The van der Waals surface area contributed by atoms with E-state index < -0.39 is 0 Å². The first-order valence-electron chi connectivity index (χ1n) is 9.96. The Morgan fingerprint density at radius 1 is 1.03 bits per heavy atom. The van der Waals surface area contributed by atoms with E-state index in [-0.39, 0.29) is 24.4 Å². The van der Waals surface area contributed by atoms with Crippen LogP contribution in [0.3, 0.4) is 0 Å². The summed E-state index contributed by atoms with van der Waals surface area (Å²) in [5.41, 5.74) is 2.03. The van der Waals surface area contributed by atoms with Gasteiger partial charge in [-0.3, -0.25) is 14.2 Å². The van der Waals surface area contributed by atoms with E-state index in [0.29, 0.717) is 23.4 Å². The second kappa shape index (κ2) is 8.32. The number of carbonyl (C=O) groups is 1. The maximum absolute atomic E-state index is 13.1. The molecule has 2 heterocycles. The highest BCUT2D eigenvalue weighted by atomic mass is 16.2. The molecule has 2 aromatic carbocycles. The topological polar surface area (TPSA) is 73.0 Å². The van der Waals surface area contributed by atoms with Crippen LogP contribution in [0.4, 0.5) is 5.69 Å². The Morgan fingerprint density at radius 2 is 1.70 bits per heavy atom. The summed E-state index contributed by atoms with van der Waals surface area (Å²) < 4.78 is 3.21. The maximum Gasteiger partial charge on any atom is 0.264 e. The summed E-state index contributed by atoms with van der Waals surface area (Å²) in [6, 6.07) is 19.1. The van der Waals surface area contributed by atoms with Crippen LogP contribution in [0.25, 0.3) is 16.7 Å². The van der Waals surface area contributed by atoms with E-state index in [9.17, 15) is 9.59 Å². The third-order valence-corrected chi connectivity index (χ3v) is 5.11. The lowest BCUT2D eigenvalue weighted by molar-refractivity contribution is -0.118. The lowest BCUT2D eigenvalue weighted by Crippen LogP contribution is -2.33. The number of hydrogen-bond acceptors (Lipinski definition) is 4. The number of nitrogens with zero attached hydrogens (tertiary/aromatic N) is 5. The van der Waals surface area contributed by atoms with Gasteiger partial charge in [0.1, 0.15) is 11.2 Å². The molecule has 1 amide bonds. The van der Waals surface area contributed by atoms with Gasteiger partial charge in [0.15, 0.2) is 5.65 Å². The SMILES string of the molecule is CCN(C(=O)CCn1c(C)nc2c(cnn2-c2ccccc2)c1=O)c1ccccc1. The number of rotatable bonds is 6. The minimum absolute atomic E-state index is 0.0323. The van der Waals surface area contributed by atoms with Crippen LogP contribution in [0.15, 0.2) is 71.7 Å². The lowest BCUT2D eigenvalue weighted by atomic mass is 10.2. The molecule has 7 heteroatoms. The van der Waals surface area contributed by atoms with E-state index in [1.54, 1.807) is 21.1 Å². The van der Waals surface area contributed by atoms with Gasteiger partial charge in [-0.05, 0) is 38.1 Å². The molecule has 0 aliphatic rings. The molecule has 0 saturated carbocycles. The Morgan fingerprint density at radius 3 is 2.37 bits per heavy atom. The molecular formula is C23H23N5O2. The zero-order valence-electron chi connectivity index (χ0n) is 17.0. The Kier molecular flexibility index (Phi) is 5.43. The minimum atomic E-state index is -0.185. The molecule has 0 radical (unpaired) electrons. The highest BCUT2D eigenvalue weighted by Crippen LogP contribution is 2.16. The number of carbonyl (C=O) groups excluding carboxylic acids is 1. The van der Waals surface area contributed by atoms with Crippen molar-refractivity contribution < 1.29 is 4.79 Å². The fraction of sp³-hybridized carbons (Fsp3) is 0.217. The second-order valence-electron chi connectivity index (χ2n) is 6.97. The second-order valence-corrected chi connectivity index (χ2v) is 6.97. The van der Waals surface area contributed by atoms with Gasteiger partial charge in [-0.2, -0.15) is 5.10 Å². The summed E-state index contributed by atoms with van der Waals surface area (Å²) in [6.07, 6.45) is 1.75. The molecule has 0 N–H and O–H groups in total. The Balaban J connectivity index is 1.61. The number of anilines is 1. The van der Waals surface area contributed by atoms with E-state index in [0.717, 1.165) is 11.4 Å². The quantitative estimate of drug-likeness (QED) is 0.497. The van der Waals surface area contributed by atoms with Gasteiger partial charge in [0.05, 0.1) is 11.9 Å². The molecule has 7 nitrogen and oxygen atoms in total. The molecule has 0 bridgehead atoms. The van der Waals surface area contributed by atoms with Crippen molar-refractivity contribution >= 4 is 22.6 Å². The van der Waals surface area contributed by atoms with Crippen molar-refractivity contribution in [1.29, 1.82) is 0 Å². The van der Waals surface area contributed by atoms with Crippen molar-refractivity contribution in [2.24, 2.45) is 0 Å². The van der Waals surface area contributed by atoms with Crippen molar-refractivity contribution in [2.45, 2.75) is 26.8 Å². The van der Waals surface area contributed by atoms with Crippen LogP contribution in [0, 0.1) is 6.92 Å². The monoisotopic (exact) mass is 401 g/mol.